The zero-order chi connectivity index (χ0) is 20.5. The summed E-state index contributed by atoms with van der Waals surface area (Å²) in [4.78, 5) is 33.7. The first-order valence-electron chi connectivity index (χ1n) is 9.46. The van der Waals surface area contributed by atoms with Gasteiger partial charge in [-0.05, 0) is 42.5 Å². The topological polar surface area (TPSA) is 73.7 Å². The van der Waals surface area contributed by atoms with Gasteiger partial charge in [-0.1, -0.05) is 6.07 Å². The number of hydrogen-bond donors (Lipinski definition) is 0. The first-order chi connectivity index (χ1) is 14.0. The summed E-state index contributed by atoms with van der Waals surface area (Å²) >= 11 is 1.60. The number of nitrogens with zero attached hydrogens (tertiary/aromatic N) is 3. The summed E-state index contributed by atoms with van der Waals surface area (Å²) < 4.78 is 12.0. The van der Waals surface area contributed by atoms with Gasteiger partial charge in [-0.15, -0.1) is 11.3 Å². The van der Waals surface area contributed by atoms with Gasteiger partial charge in [0.15, 0.2) is 11.5 Å². The number of likely N-dealkylation sites (N-methyl/N-ethyl adjacent to an activating group) is 1. The lowest BCUT2D eigenvalue weighted by Crippen LogP contribution is -2.33. The Balaban J connectivity index is 1.52. The number of carbonyl (C=O) groups excluding carboxylic acids is 1. The molecule has 0 spiro atoms. The van der Waals surface area contributed by atoms with Gasteiger partial charge in [-0.2, -0.15) is 0 Å². The van der Waals surface area contributed by atoms with Gasteiger partial charge in [-0.25, -0.2) is 4.98 Å². The number of carbonyl (C=O) groups is 1. The largest absolute Gasteiger partial charge is 0.493 e. The average molecular weight is 413 g/mol. The normalized spacial score (nSPS) is 12.8. The molecule has 3 aromatic rings. The Bertz CT molecular complexity index is 1130. The quantitative estimate of drug-likeness (QED) is 0.621. The van der Waals surface area contributed by atoms with E-state index in [-0.39, 0.29) is 18.0 Å². The molecule has 0 N–H and O–H groups in total. The molecule has 0 saturated heterocycles. The molecule has 8 heteroatoms. The molecule has 0 bridgehead atoms. The van der Waals surface area contributed by atoms with Crippen LogP contribution in [0.1, 0.15) is 22.4 Å². The summed E-state index contributed by atoms with van der Waals surface area (Å²) in [6, 6.07) is 5.54. The number of aryl methyl sites for hydroxylation is 2. The zero-order valence-electron chi connectivity index (χ0n) is 16.7. The van der Waals surface area contributed by atoms with E-state index in [0.717, 1.165) is 35.2 Å². The molecule has 1 aliphatic rings. The van der Waals surface area contributed by atoms with E-state index in [4.69, 9.17) is 9.47 Å². The van der Waals surface area contributed by atoms with Crippen molar-refractivity contribution in [1.29, 1.82) is 0 Å². The number of benzene rings is 1. The highest BCUT2D eigenvalue weighted by molar-refractivity contribution is 7.18. The van der Waals surface area contributed by atoms with Gasteiger partial charge in [0.05, 0.1) is 25.9 Å². The standard InChI is InChI=1S/C21H23N3O4S/c1-23(10-13-7-8-15(27-2)16(9-13)28-3)18(25)11-24-12-22-20-19(21(24)26)14-5-4-6-17(14)29-20/h7-9,12H,4-6,10-11H2,1-3H3. The molecule has 7 nitrogen and oxygen atoms in total. The van der Waals surface area contributed by atoms with Crippen LogP contribution in [0.4, 0.5) is 0 Å². The number of amides is 1. The molecule has 0 unspecified atom stereocenters. The average Bonchev–Trinajstić information content (AvgIpc) is 3.31. The van der Waals surface area contributed by atoms with Crippen molar-refractivity contribution in [2.45, 2.75) is 32.4 Å². The summed E-state index contributed by atoms with van der Waals surface area (Å²) in [7, 11) is 4.88. The van der Waals surface area contributed by atoms with E-state index >= 15 is 0 Å². The highest BCUT2D eigenvalue weighted by atomic mass is 32.1. The van der Waals surface area contributed by atoms with Crippen molar-refractivity contribution < 1.29 is 14.3 Å². The number of aromatic nitrogens is 2. The van der Waals surface area contributed by atoms with Crippen LogP contribution in [0.3, 0.4) is 0 Å². The highest BCUT2D eigenvalue weighted by Crippen LogP contribution is 2.34. The Hall–Kier alpha value is -2.87. The van der Waals surface area contributed by atoms with Gasteiger partial charge in [-0.3, -0.25) is 14.2 Å². The Labute approximate surface area is 172 Å². The molecule has 2 heterocycles. The van der Waals surface area contributed by atoms with Gasteiger partial charge in [0.1, 0.15) is 11.4 Å². The summed E-state index contributed by atoms with van der Waals surface area (Å²) in [5.74, 6) is 1.09. The van der Waals surface area contributed by atoms with Crippen molar-refractivity contribution in [1.82, 2.24) is 14.5 Å². The smallest absolute Gasteiger partial charge is 0.262 e. The second-order valence-electron chi connectivity index (χ2n) is 7.15. The predicted molar refractivity (Wildman–Crippen MR) is 112 cm³/mol. The fraction of sp³-hybridized carbons (Fsp3) is 0.381. The molecule has 0 saturated carbocycles. The van der Waals surface area contributed by atoms with Crippen molar-refractivity contribution >= 4 is 27.5 Å². The van der Waals surface area contributed by atoms with Gasteiger partial charge < -0.3 is 14.4 Å². The Kier molecular flexibility index (Phi) is 5.27. The monoisotopic (exact) mass is 413 g/mol. The van der Waals surface area contributed by atoms with E-state index in [1.807, 2.05) is 18.2 Å². The van der Waals surface area contributed by atoms with E-state index in [2.05, 4.69) is 4.98 Å². The van der Waals surface area contributed by atoms with Crippen LogP contribution in [-0.2, 0) is 30.7 Å². The number of thiophene rings is 1. The minimum Gasteiger partial charge on any atom is -0.493 e. The lowest BCUT2D eigenvalue weighted by molar-refractivity contribution is -0.131. The number of ether oxygens (including phenoxy) is 2. The maximum Gasteiger partial charge on any atom is 0.262 e. The molecule has 0 fully saturated rings. The molecule has 29 heavy (non-hydrogen) atoms. The van der Waals surface area contributed by atoms with Crippen LogP contribution in [-0.4, -0.2) is 41.6 Å². The Morgan fingerprint density at radius 2 is 2.03 bits per heavy atom. The Morgan fingerprint density at radius 1 is 1.24 bits per heavy atom. The molecule has 2 aromatic heterocycles. The fourth-order valence-corrected chi connectivity index (χ4v) is 4.96. The summed E-state index contributed by atoms with van der Waals surface area (Å²) in [6.45, 7) is 0.369. The summed E-state index contributed by atoms with van der Waals surface area (Å²) in [5.41, 5.74) is 1.92. The van der Waals surface area contributed by atoms with Crippen LogP contribution in [0.5, 0.6) is 11.5 Å². The minimum absolute atomic E-state index is 0.0316. The van der Waals surface area contributed by atoms with Crippen molar-refractivity contribution in [3.63, 3.8) is 0 Å². The molecule has 152 valence electrons. The first-order valence-corrected chi connectivity index (χ1v) is 10.3. The van der Waals surface area contributed by atoms with Gasteiger partial charge in [0, 0.05) is 18.5 Å². The van der Waals surface area contributed by atoms with Crippen LogP contribution in [0.25, 0.3) is 10.2 Å². The molecule has 4 rings (SSSR count). The van der Waals surface area contributed by atoms with Crippen molar-refractivity contribution in [3.05, 3.63) is 50.9 Å². The van der Waals surface area contributed by atoms with Crippen LogP contribution >= 0.6 is 11.3 Å². The van der Waals surface area contributed by atoms with E-state index in [1.165, 1.54) is 15.8 Å². The van der Waals surface area contributed by atoms with E-state index < -0.39 is 0 Å². The summed E-state index contributed by atoms with van der Waals surface area (Å²) in [5, 5.41) is 0.695. The van der Waals surface area contributed by atoms with Crippen LogP contribution in [0, 0.1) is 0 Å². The molecule has 0 radical (unpaired) electrons. The number of fused-ring (bicyclic) bond motifs is 3. The second-order valence-corrected chi connectivity index (χ2v) is 8.24. The number of methoxy groups -OCH3 is 2. The van der Waals surface area contributed by atoms with E-state index in [0.29, 0.717) is 23.4 Å². The lowest BCUT2D eigenvalue weighted by Gasteiger charge is -2.19. The highest BCUT2D eigenvalue weighted by Gasteiger charge is 2.22. The third kappa shape index (κ3) is 3.60. The predicted octanol–water partition coefficient (Wildman–Crippen LogP) is 2.62. The molecule has 1 aromatic carbocycles. The van der Waals surface area contributed by atoms with Crippen molar-refractivity contribution in [2.24, 2.45) is 0 Å². The minimum atomic E-state index is -0.157. The lowest BCUT2D eigenvalue weighted by atomic mass is 10.2. The molecule has 1 aliphatic carbocycles. The van der Waals surface area contributed by atoms with Crippen molar-refractivity contribution in [3.8, 4) is 11.5 Å². The van der Waals surface area contributed by atoms with E-state index in [1.54, 1.807) is 37.5 Å². The first kappa shape index (κ1) is 19.4. The molecule has 0 atom stereocenters. The fourth-order valence-electron chi connectivity index (χ4n) is 3.74. The summed E-state index contributed by atoms with van der Waals surface area (Å²) in [6.07, 6.45) is 4.50. The van der Waals surface area contributed by atoms with Crippen molar-refractivity contribution in [2.75, 3.05) is 21.3 Å². The third-order valence-electron chi connectivity index (χ3n) is 5.29. The second kappa shape index (κ2) is 7.87. The zero-order valence-corrected chi connectivity index (χ0v) is 17.5. The van der Waals surface area contributed by atoms with Crippen LogP contribution in [0.2, 0.25) is 0 Å². The molecule has 1 amide bonds. The van der Waals surface area contributed by atoms with Gasteiger partial charge in [0.25, 0.3) is 5.56 Å². The Morgan fingerprint density at radius 3 is 2.79 bits per heavy atom. The number of rotatable bonds is 6. The van der Waals surface area contributed by atoms with Gasteiger partial charge in [0.2, 0.25) is 5.91 Å². The van der Waals surface area contributed by atoms with Crippen LogP contribution < -0.4 is 15.0 Å². The van der Waals surface area contributed by atoms with E-state index in [9.17, 15) is 9.59 Å². The molecule has 0 aliphatic heterocycles. The van der Waals surface area contributed by atoms with Gasteiger partial charge >= 0.3 is 0 Å². The SMILES string of the molecule is COc1ccc(CN(C)C(=O)Cn2cnc3sc4c(c3c2=O)CCC4)cc1OC. The molecular weight excluding hydrogens is 390 g/mol. The third-order valence-corrected chi connectivity index (χ3v) is 6.49. The van der Waals surface area contributed by atoms with Crippen LogP contribution in [0.15, 0.2) is 29.3 Å². The maximum absolute atomic E-state index is 12.9. The molecular formula is C21H23N3O4S. The number of hydrogen-bond acceptors (Lipinski definition) is 6. The maximum atomic E-state index is 12.9.